The van der Waals surface area contributed by atoms with Crippen molar-refractivity contribution in [2.24, 2.45) is 5.92 Å². The Hall–Kier alpha value is -3.72. The number of rotatable bonds is 11. The average Bonchev–Trinajstić information content (AvgIpc) is 2.91. The zero-order valence-electron chi connectivity index (χ0n) is 22.0. The molecule has 0 unspecified atom stereocenters. The Morgan fingerprint density at radius 2 is 1.49 bits per heavy atom. The number of sulfonamides is 1. The van der Waals surface area contributed by atoms with Crippen molar-refractivity contribution < 1.29 is 27.4 Å². The van der Waals surface area contributed by atoms with Gasteiger partial charge in [-0.2, -0.15) is 0 Å². The van der Waals surface area contributed by atoms with Crippen LogP contribution in [0.25, 0.3) is 0 Å². The molecule has 0 radical (unpaired) electrons. The van der Waals surface area contributed by atoms with Crippen molar-refractivity contribution in [1.29, 1.82) is 0 Å². The van der Waals surface area contributed by atoms with E-state index in [4.69, 9.17) is 14.2 Å². The van der Waals surface area contributed by atoms with Gasteiger partial charge in [-0.05, 0) is 66.4 Å². The van der Waals surface area contributed by atoms with Crippen LogP contribution in [-0.4, -0.2) is 42.7 Å². The number of carbonyl (C=O) groups excluding carboxylic acids is 1. The third-order valence-corrected chi connectivity index (χ3v) is 7.82. The number of nitrogens with one attached hydrogen (secondary N) is 1. The van der Waals surface area contributed by atoms with E-state index in [0.29, 0.717) is 28.7 Å². The predicted octanol–water partition coefficient (Wildman–Crippen LogP) is 5.05. The van der Waals surface area contributed by atoms with Crippen LogP contribution in [0.1, 0.15) is 42.2 Å². The summed E-state index contributed by atoms with van der Waals surface area (Å²) in [5.74, 6) is 1.63. The van der Waals surface area contributed by atoms with Crippen molar-refractivity contribution in [1.82, 2.24) is 5.32 Å². The Morgan fingerprint density at radius 3 is 2.03 bits per heavy atom. The topological polar surface area (TPSA) is 94.2 Å². The maximum Gasteiger partial charge on any atom is 0.264 e. The first kappa shape index (κ1) is 27.9. The summed E-state index contributed by atoms with van der Waals surface area (Å²) >= 11 is 0. The molecular weight excluding hydrogens is 492 g/mol. The number of carbonyl (C=O) groups is 1. The molecule has 0 fully saturated rings. The second-order valence-corrected chi connectivity index (χ2v) is 10.9. The van der Waals surface area contributed by atoms with E-state index in [1.807, 2.05) is 24.3 Å². The third kappa shape index (κ3) is 6.54. The van der Waals surface area contributed by atoms with Crippen molar-refractivity contribution >= 4 is 21.6 Å². The van der Waals surface area contributed by atoms with Gasteiger partial charge < -0.3 is 19.5 Å². The van der Waals surface area contributed by atoms with Gasteiger partial charge in [0.25, 0.3) is 15.9 Å². The van der Waals surface area contributed by atoms with Gasteiger partial charge in [0.2, 0.25) is 0 Å². The minimum Gasteiger partial charge on any atom is -0.497 e. The minimum absolute atomic E-state index is 0.0606. The first-order chi connectivity index (χ1) is 17.6. The van der Waals surface area contributed by atoms with Gasteiger partial charge in [-0.15, -0.1) is 0 Å². The molecule has 0 aliphatic heterocycles. The number of hydrogen-bond acceptors (Lipinski definition) is 6. The normalized spacial score (nSPS) is 12.1. The van der Waals surface area contributed by atoms with Gasteiger partial charge in [-0.25, -0.2) is 8.42 Å². The summed E-state index contributed by atoms with van der Waals surface area (Å²) in [6.07, 6.45) is 0.766. The fourth-order valence-corrected chi connectivity index (χ4v) is 5.14. The highest BCUT2D eigenvalue weighted by Crippen LogP contribution is 2.32. The number of hydrogen-bond donors (Lipinski definition) is 1. The van der Waals surface area contributed by atoms with Crippen LogP contribution in [0.5, 0.6) is 17.2 Å². The van der Waals surface area contributed by atoms with Crippen LogP contribution in [0.4, 0.5) is 5.69 Å². The molecular formula is C28H34N2O6S. The molecule has 0 aromatic heterocycles. The first-order valence-corrected chi connectivity index (χ1v) is 13.3. The zero-order valence-corrected chi connectivity index (χ0v) is 22.8. The summed E-state index contributed by atoms with van der Waals surface area (Å²) in [6.45, 7) is 4.21. The van der Waals surface area contributed by atoms with Crippen molar-refractivity contribution in [3.8, 4) is 17.2 Å². The van der Waals surface area contributed by atoms with Crippen LogP contribution < -0.4 is 23.8 Å². The van der Waals surface area contributed by atoms with Gasteiger partial charge in [-0.1, -0.05) is 26.0 Å². The Bertz CT molecular complexity index is 1310. The third-order valence-electron chi connectivity index (χ3n) is 6.04. The van der Waals surface area contributed by atoms with Crippen LogP contribution >= 0.6 is 0 Å². The molecule has 0 spiro atoms. The lowest BCUT2D eigenvalue weighted by molar-refractivity contribution is 0.0932. The maximum absolute atomic E-state index is 13.2. The first-order valence-electron chi connectivity index (χ1n) is 11.9. The summed E-state index contributed by atoms with van der Waals surface area (Å²) < 4.78 is 43.3. The average molecular weight is 527 g/mol. The number of nitrogens with zero attached hydrogens (tertiary/aromatic N) is 1. The largest absolute Gasteiger partial charge is 0.497 e. The van der Waals surface area contributed by atoms with E-state index in [1.54, 1.807) is 37.4 Å². The van der Waals surface area contributed by atoms with E-state index < -0.39 is 10.0 Å². The van der Waals surface area contributed by atoms with Gasteiger partial charge in [0.15, 0.2) is 11.5 Å². The maximum atomic E-state index is 13.2. The van der Waals surface area contributed by atoms with Gasteiger partial charge in [-0.3, -0.25) is 9.10 Å². The monoisotopic (exact) mass is 526 g/mol. The molecule has 9 heteroatoms. The Kier molecular flexibility index (Phi) is 9.04. The molecule has 3 aromatic carbocycles. The molecule has 8 nitrogen and oxygen atoms in total. The van der Waals surface area contributed by atoms with Crippen molar-refractivity contribution in [3.05, 3.63) is 77.9 Å². The van der Waals surface area contributed by atoms with Crippen molar-refractivity contribution in [3.63, 3.8) is 0 Å². The second kappa shape index (κ2) is 12.0. The zero-order chi connectivity index (χ0) is 27.2. The summed E-state index contributed by atoms with van der Waals surface area (Å²) in [5.41, 5.74) is 1.84. The van der Waals surface area contributed by atoms with Crippen molar-refractivity contribution in [2.45, 2.75) is 31.2 Å². The highest BCUT2D eigenvalue weighted by atomic mass is 32.2. The molecule has 0 saturated carbocycles. The summed E-state index contributed by atoms with van der Waals surface area (Å²) in [5, 5.41) is 3.11. The van der Waals surface area contributed by atoms with Crippen LogP contribution in [0.15, 0.2) is 71.6 Å². The number of anilines is 1. The van der Waals surface area contributed by atoms with Crippen LogP contribution in [-0.2, 0) is 10.0 Å². The van der Waals surface area contributed by atoms with Gasteiger partial charge in [0, 0.05) is 18.7 Å². The number of amides is 1. The molecule has 37 heavy (non-hydrogen) atoms. The summed E-state index contributed by atoms with van der Waals surface area (Å²) in [4.78, 5) is 13.1. The van der Waals surface area contributed by atoms with Crippen molar-refractivity contribution in [2.75, 3.05) is 32.7 Å². The van der Waals surface area contributed by atoms with E-state index in [0.717, 1.165) is 22.0 Å². The highest BCUT2D eigenvalue weighted by Gasteiger charge is 2.24. The standard InChI is InChI=1S/C28H34N2O6S/c1-19(2)17-25(20-9-13-23(34-4)14-10-20)29-28(31)21-7-11-22(12-8-21)30(3)37(32,33)24-15-16-26(35-5)27(18-24)36-6/h7-16,18-19,25H,17H2,1-6H3,(H,29,31)/t25-/m0/s1. The van der Waals surface area contributed by atoms with E-state index in [1.165, 1.54) is 33.4 Å². The van der Waals surface area contributed by atoms with E-state index in [9.17, 15) is 13.2 Å². The van der Waals surface area contributed by atoms with E-state index in [2.05, 4.69) is 19.2 Å². The quantitative estimate of drug-likeness (QED) is 0.376. The van der Waals surface area contributed by atoms with Gasteiger partial charge in [0.05, 0.1) is 38.0 Å². The molecule has 0 bridgehead atoms. The van der Waals surface area contributed by atoms with Gasteiger partial charge >= 0.3 is 0 Å². The van der Waals surface area contributed by atoms with E-state index in [-0.39, 0.29) is 16.8 Å². The van der Waals surface area contributed by atoms with Crippen LogP contribution in [0, 0.1) is 5.92 Å². The highest BCUT2D eigenvalue weighted by molar-refractivity contribution is 7.92. The summed E-state index contributed by atoms with van der Waals surface area (Å²) in [7, 11) is 2.14. The second-order valence-electron chi connectivity index (χ2n) is 8.96. The molecule has 3 rings (SSSR count). The molecule has 0 aliphatic carbocycles. The molecule has 1 amide bonds. The lowest BCUT2D eigenvalue weighted by Gasteiger charge is -2.22. The lowest BCUT2D eigenvalue weighted by Crippen LogP contribution is -2.30. The van der Waals surface area contributed by atoms with Crippen LogP contribution in [0.3, 0.4) is 0 Å². The molecule has 1 N–H and O–H groups in total. The summed E-state index contributed by atoms with van der Waals surface area (Å²) in [6, 6.07) is 18.3. The lowest BCUT2D eigenvalue weighted by atomic mass is 9.96. The Balaban J connectivity index is 1.79. The molecule has 0 heterocycles. The molecule has 0 aliphatic rings. The smallest absolute Gasteiger partial charge is 0.264 e. The SMILES string of the molecule is COc1ccc([C@H](CC(C)C)NC(=O)c2ccc(N(C)S(=O)(=O)c3ccc(OC)c(OC)c3)cc2)cc1. The fourth-order valence-electron chi connectivity index (χ4n) is 3.92. The van der Waals surface area contributed by atoms with Crippen LogP contribution in [0.2, 0.25) is 0 Å². The fraction of sp³-hybridized carbons (Fsp3) is 0.321. The molecule has 198 valence electrons. The molecule has 1 atom stereocenters. The molecule has 0 saturated heterocycles. The predicted molar refractivity (Wildman–Crippen MR) is 144 cm³/mol. The Labute approximate surface area is 219 Å². The Morgan fingerprint density at radius 1 is 0.865 bits per heavy atom. The number of methoxy groups -OCH3 is 3. The van der Waals surface area contributed by atoms with Gasteiger partial charge in [0.1, 0.15) is 5.75 Å². The number of ether oxygens (including phenoxy) is 3. The number of benzene rings is 3. The minimum atomic E-state index is -3.87. The molecule has 3 aromatic rings. The van der Waals surface area contributed by atoms with E-state index >= 15 is 0 Å².